The van der Waals surface area contributed by atoms with Gasteiger partial charge in [0.2, 0.25) is 0 Å². The molecule has 102 valence electrons. The van der Waals surface area contributed by atoms with E-state index in [0.717, 1.165) is 6.42 Å². The van der Waals surface area contributed by atoms with Crippen LogP contribution < -0.4 is 10.9 Å². The first-order chi connectivity index (χ1) is 8.65. The van der Waals surface area contributed by atoms with Gasteiger partial charge in [-0.1, -0.05) is 6.92 Å². The van der Waals surface area contributed by atoms with Crippen LogP contribution in [0.15, 0.2) is 17.2 Å². The van der Waals surface area contributed by atoms with E-state index in [1.165, 1.54) is 6.20 Å². The standard InChI is InChI=1S/C11H17F2N3O2/c1-2-5-16-6-3-14-10(11(16)17)15-4-7-18-8-9(12)13/h3,6,9H,2,4-5,7-8H2,1H3,(H,14,15). The molecule has 0 saturated heterocycles. The summed E-state index contributed by atoms with van der Waals surface area (Å²) in [6.07, 6.45) is 1.52. The van der Waals surface area contributed by atoms with Crippen LogP contribution in [0, 0.1) is 0 Å². The second-order valence-corrected chi connectivity index (χ2v) is 3.67. The van der Waals surface area contributed by atoms with Crippen molar-refractivity contribution in [1.29, 1.82) is 0 Å². The molecule has 1 aromatic heterocycles. The van der Waals surface area contributed by atoms with Crippen molar-refractivity contribution in [2.45, 2.75) is 26.3 Å². The Balaban J connectivity index is 2.42. The smallest absolute Gasteiger partial charge is 0.293 e. The van der Waals surface area contributed by atoms with Gasteiger partial charge in [0.15, 0.2) is 5.82 Å². The molecule has 0 amide bonds. The maximum atomic E-state index is 11.8. The van der Waals surface area contributed by atoms with Crippen molar-refractivity contribution in [2.24, 2.45) is 0 Å². The number of halogens is 2. The van der Waals surface area contributed by atoms with E-state index in [0.29, 0.717) is 6.54 Å². The second-order valence-electron chi connectivity index (χ2n) is 3.67. The Morgan fingerprint density at radius 3 is 3.00 bits per heavy atom. The van der Waals surface area contributed by atoms with E-state index in [-0.39, 0.29) is 24.5 Å². The molecule has 0 spiro atoms. The Hall–Kier alpha value is -1.50. The molecule has 1 heterocycles. The molecule has 7 heteroatoms. The average molecular weight is 261 g/mol. The van der Waals surface area contributed by atoms with Crippen LogP contribution >= 0.6 is 0 Å². The van der Waals surface area contributed by atoms with E-state index in [4.69, 9.17) is 0 Å². The lowest BCUT2D eigenvalue weighted by atomic mass is 10.4. The van der Waals surface area contributed by atoms with Crippen LogP contribution in [-0.4, -0.2) is 35.7 Å². The molecule has 18 heavy (non-hydrogen) atoms. The van der Waals surface area contributed by atoms with Gasteiger partial charge in [0.05, 0.1) is 6.61 Å². The van der Waals surface area contributed by atoms with Gasteiger partial charge in [0.25, 0.3) is 12.0 Å². The summed E-state index contributed by atoms with van der Waals surface area (Å²) >= 11 is 0. The van der Waals surface area contributed by atoms with Crippen LogP contribution in [0.4, 0.5) is 14.6 Å². The lowest BCUT2D eigenvalue weighted by Crippen LogP contribution is -2.25. The summed E-state index contributed by atoms with van der Waals surface area (Å²) < 4.78 is 29.8. The summed E-state index contributed by atoms with van der Waals surface area (Å²) in [5.74, 6) is 0.214. The van der Waals surface area contributed by atoms with Crippen LogP contribution in [0.3, 0.4) is 0 Å². The third-order valence-corrected chi connectivity index (χ3v) is 2.16. The van der Waals surface area contributed by atoms with Crippen molar-refractivity contribution in [3.05, 3.63) is 22.7 Å². The van der Waals surface area contributed by atoms with Gasteiger partial charge in [-0.15, -0.1) is 0 Å². The number of hydrogen-bond acceptors (Lipinski definition) is 4. The minimum atomic E-state index is -2.47. The number of hydrogen-bond donors (Lipinski definition) is 1. The van der Waals surface area contributed by atoms with Gasteiger partial charge in [-0.05, 0) is 6.42 Å². The normalized spacial score (nSPS) is 10.9. The fourth-order valence-corrected chi connectivity index (χ4v) is 1.40. The van der Waals surface area contributed by atoms with Crippen LogP contribution in [0.2, 0.25) is 0 Å². The van der Waals surface area contributed by atoms with E-state index in [2.05, 4.69) is 15.0 Å². The zero-order valence-electron chi connectivity index (χ0n) is 10.2. The monoisotopic (exact) mass is 261 g/mol. The summed E-state index contributed by atoms with van der Waals surface area (Å²) in [5, 5.41) is 2.77. The largest absolute Gasteiger partial charge is 0.374 e. The molecule has 0 unspecified atom stereocenters. The van der Waals surface area contributed by atoms with E-state index < -0.39 is 13.0 Å². The molecule has 0 radical (unpaired) electrons. The summed E-state index contributed by atoms with van der Waals surface area (Å²) in [6.45, 7) is 2.37. The number of aryl methyl sites for hydroxylation is 1. The molecule has 5 nitrogen and oxygen atoms in total. The van der Waals surface area contributed by atoms with Gasteiger partial charge in [0, 0.05) is 25.5 Å². The zero-order valence-corrected chi connectivity index (χ0v) is 10.2. The van der Waals surface area contributed by atoms with E-state index in [1.54, 1.807) is 10.8 Å². The molecule has 0 atom stereocenters. The minimum Gasteiger partial charge on any atom is -0.374 e. The topological polar surface area (TPSA) is 56.1 Å². The predicted molar refractivity (Wildman–Crippen MR) is 64.1 cm³/mol. The van der Waals surface area contributed by atoms with Crippen LogP contribution in [0.5, 0.6) is 0 Å². The first-order valence-corrected chi connectivity index (χ1v) is 5.80. The molecular formula is C11H17F2N3O2. The zero-order chi connectivity index (χ0) is 13.4. The highest BCUT2D eigenvalue weighted by Gasteiger charge is 2.04. The second kappa shape index (κ2) is 7.75. The maximum absolute atomic E-state index is 11.8. The molecule has 1 aromatic rings. The first-order valence-electron chi connectivity index (χ1n) is 5.80. The fraction of sp³-hybridized carbons (Fsp3) is 0.636. The lowest BCUT2D eigenvalue weighted by molar-refractivity contribution is 0.0214. The summed E-state index contributed by atoms with van der Waals surface area (Å²) in [4.78, 5) is 15.7. The number of rotatable bonds is 8. The predicted octanol–water partition coefficient (Wildman–Crippen LogP) is 1.35. The molecule has 0 aliphatic rings. The number of aromatic nitrogens is 2. The van der Waals surface area contributed by atoms with Gasteiger partial charge >= 0.3 is 0 Å². The number of nitrogens with zero attached hydrogens (tertiary/aromatic N) is 2. The Kier molecular flexibility index (Phi) is 6.27. The molecule has 0 saturated carbocycles. The Bertz CT molecular complexity index is 410. The molecule has 0 aliphatic heterocycles. The lowest BCUT2D eigenvalue weighted by Gasteiger charge is -2.08. The highest BCUT2D eigenvalue weighted by atomic mass is 19.3. The van der Waals surface area contributed by atoms with E-state index >= 15 is 0 Å². The van der Waals surface area contributed by atoms with Crippen molar-refractivity contribution < 1.29 is 13.5 Å². The van der Waals surface area contributed by atoms with Crippen molar-refractivity contribution in [3.8, 4) is 0 Å². The van der Waals surface area contributed by atoms with Crippen LogP contribution in [0.1, 0.15) is 13.3 Å². The van der Waals surface area contributed by atoms with Crippen molar-refractivity contribution in [2.75, 3.05) is 25.1 Å². The molecule has 1 N–H and O–H groups in total. The van der Waals surface area contributed by atoms with Gasteiger partial charge in [-0.2, -0.15) is 0 Å². The fourth-order valence-electron chi connectivity index (χ4n) is 1.40. The highest BCUT2D eigenvalue weighted by Crippen LogP contribution is 1.95. The van der Waals surface area contributed by atoms with Gasteiger partial charge < -0.3 is 14.6 Å². The number of nitrogens with one attached hydrogen (secondary N) is 1. The third kappa shape index (κ3) is 4.79. The molecule has 1 rings (SSSR count). The van der Waals surface area contributed by atoms with Gasteiger partial charge in [-0.25, -0.2) is 13.8 Å². The Morgan fingerprint density at radius 2 is 2.33 bits per heavy atom. The summed E-state index contributed by atoms with van der Waals surface area (Å²) in [5.41, 5.74) is -0.215. The maximum Gasteiger partial charge on any atom is 0.293 e. The summed E-state index contributed by atoms with van der Waals surface area (Å²) in [6, 6.07) is 0. The van der Waals surface area contributed by atoms with Gasteiger partial charge in [-0.3, -0.25) is 4.79 Å². The molecule has 0 bridgehead atoms. The van der Waals surface area contributed by atoms with Crippen LogP contribution in [-0.2, 0) is 11.3 Å². The quantitative estimate of drug-likeness (QED) is 0.718. The SMILES string of the molecule is CCCn1ccnc(NCCOCC(F)F)c1=O. The van der Waals surface area contributed by atoms with E-state index in [9.17, 15) is 13.6 Å². The third-order valence-electron chi connectivity index (χ3n) is 2.16. The van der Waals surface area contributed by atoms with Crippen molar-refractivity contribution in [1.82, 2.24) is 9.55 Å². The molecule has 0 aliphatic carbocycles. The molecular weight excluding hydrogens is 244 g/mol. The number of alkyl halides is 2. The highest BCUT2D eigenvalue weighted by molar-refractivity contribution is 5.30. The first kappa shape index (κ1) is 14.6. The molecule has 0 fully saturated rings. The van der Waals surface area contributed by atoms with Crippen molar-refractivity contribution in [3.63, 3.8) is 0 Å². The minimum absolute atomic E-state index is 0.105. The number of ether oxygens (including phenoxy) is 1. The molecule has 0 aromatic carbocycles. The number of anilines is 1. The van der Waals surface area contributed by atoms with Gasteiger partial charge in [0.1, 0.15) is 6.61 Å². The Labute approximate surface area is 104 Å². The summed E-state index contributed by atoms with van der Waals surface area (Å²) in [7, 11) is 0. The van der Waals surface area contributed by atoms with E-state index in [1.807, 2.05) is 6.92 Å². The van der Waals surface area contributed by atoms with Crippen molar-refractivity contribution >= 4 is 5.82 Å². The van der Waals surface area contributed by atoms with Crippen LogP contribution in [0.25, 0.3) is 0 Å². The Morgan fingerprint density at radius 1 is 1.56 bits per heavy atom. The average Bonchev–Trinajstić information content (AvgIpc) is 2.33.